The maximum atomic E-state index is 11.2. The Morgan fingerprint density at radius 2 is 0.471 bits per heavy atom. The first-order valence-corrected chi connectivity index (χ1v) is 22.5. The minimum Gasteiger partial charge on any atom is -0.394 e. The van der Waals surface area contributed by atoms with Crippen molar-refractivity contribution in [2.75, 3.05) is 159 Å². The summed E-state index contributed by atoms with van der Waals surface area (Å²) in [4.78, 5) is 31.9. The van der Waals surface area contributed by atoms with Crippen LogP contribution in [0.25, 0.3) is 0 Å². The summed E-state index contributed by atoms with van der Waals surface area (Å²) in [7, 11) is 0. The van der Waals surface area contributed by atoms with Crippen LogP contribution in [0.2, 0.25) is 0 Å². The summed E-state index contributed by atoms with van der Waals surface area (Å²) < 4.78 is 79.0. The SMILES string of the molecule is O=[N+]([O-])c1ccc(C(OCCOCCOCCO)OCCOCCOCCOC(OCCOCCOCCOC(OCCOCCOCCO)c2ccc([N+](=O)[O-])cc2)c2ccc([N+](=O)[O-])cc2)cc1. The lowest BCUT2D eigenvalue weighted by Gasteiger charge is -2.20. The van der Waals surface area contributed by atoms with Crippen molar-refractivity contribution in [1.29, 1.82) is 0 Å². The summed E-state index contributed by atoms with van der Waals surface area (Å²) in [5.74, 6) is 0. The summed E-state index contributed by atoms with van der Waals surface area (Å²) in [5.41, 5.74) is 1.49. The van der Waals surface area contributed by atoms with Gasteiger partial charge in [0.05, 0.1) is 173 Å². The highest BCUT2D eigenvalue weighted by atomic mass is 16.7. The van der Waals surface area contributed by atoms with Crippen LogP contribution in [-0.4, -0.2) is 184 Å². The molecule has 3 aromatic rings. The molecule has 0 saturated heterocycles. The second-order valence-electron chi connectivity index (χ2n) is 14.1. The summed E-state index contributed by atoms with van der Waals surface area (Å²) >= 11 is 0. The van der Waals surface area contributed by atoms with Gasteiger partial charge in [0.2, 0.25) is 0 Å². The Hall–Kier alpha value is -4.78. The van der Waals surface area contributed by atoms with Crippen LogP contribution in [0.1, 0.15) is 35.6 Å². The summed E-state index contributed by atoms with van der Waals surface area (Å²) in [6, 6.07) is 17.5. The number of benzene rings is 3. The number of nitro benzene ring substituents is 3. The fourth-order valence-corrected chi connectivity index (χ4v) is 5.68. The molecular formula is C45H65N3O22. The van der Waals surface area contributed by atoms with E-state index in [1.54, 1.807) is 36.4 Å². The molecule has 3 aromatic carbocycles. The molecule has 2 N–H and O–H groups in total. The van der Waals surface area contributed by atoms with Crippen molar-refractivity contribution in [3.05, 3.63) is 120 Å². The van der Waals surface area contributed by atoms with Gasteiger partial charge in [0.1, 0.15) is 0 Å². The Morgan fingerprint density at radius 1 is 0.300 bits per heavy atom. The van der Waals surface area contributed by atoms with Crippen LogP contribution in [-0.2, 0) is 66.3 Å². The zero-order valence-electron chi connectivity index (χ0n) is 39.0. The first-order valence-electron chi connectivity index (χ1n) is 22.5. The fraction of sp³-hybridized carbons (Fsp3) is 0.600. The lowest BCUT2D eigenvalue weighted by Crippen LogP contribution is -2.18. The van der Waals surface area contributed by atoms with E-state index in [1.165, 1.54) is 36.4 Å². The number of hydrogen-bond donors (Lipinski definition) is 2. The highest BCUT2D eigenvalue weighted by Gasteiger charge is 2.18. The third-order valence-electron chi connectivity index (χ3n) is 9.07. The lowest BCUT2D eigenvalue weighted by atomic mass is 10.2. The molecule has 0 aliphatic heterocycles. The van der Waals surface area contributed by atoms with E-state index in [0.29, 0.717) is 43.1 Å². The number of ether oxygens (including phenoxy) is 14. The molecule has 0 spiro atoms. The van der Waals surface area contributed by atoms with Crippen molar-refractivity contribution in [3.63, 3.8) is 0 Å². The molecule has 0 aromatic heterocycles. The van der Waals surface area contributed by atoms with E-state index in [1.807, 2.05) is 0 Å². The topological polar surface area (TPSA) is 299 Å². The molecule has 0 aliphatic rings. The van der Waals surface area contributed by atoms with E-state index in [0.717, 1.165) is 0 Å². The highest BCUT2D eigenvalue weighted by Crippen LogP contribution is 2.24. The molecule has 0 heterocycles. The molecular weight excluding hydrogens is 934 g/mol. The maximum absolute atomic E-state index is 11.2. The number of nitro groups is 3. The molecule has 25 heteroatoms. The second kappa shape index (κ2) is 38.9. The van der Waals surface area contributed by atoms with Gasteiger partial charge in [-0.05, 0) is 36.4 Å². The molecule has 0 aliphatic carbocycles. The molecule has 0 radical (unpaired) electrons. The molecule has 2 unspecified atom stereocenters. The predicted octanol–water partition coefficient (Wildman–Crippen LogP) is 4.02. The average molecular weight is 1000 g/mol. The first-order chi connectivity index (χ1) is 34.2. The normalized spacial score (nSPS) is 12.8. The molecule has 0 bridgehead atoms. The van der Waals surface area contributed by atoms with Gasteiger partial charge in [-0.1, -0.05) is 0 Å². The first kappa shape index (κ1) is 59.5. The molecule has 3 rings (SSSR count). The lowest BCUT2D eigenvalue weighted by molar-refractivity contribution is -0.385. The van der Waals surface area contributed by atoms with Crippen molar-refractivity contribution in [3.8, 4) is 0 Å². The Labute approximate surface area is 405 Å². The minimum absolute atomic E-state index is 0.0670. The monoisotopic (exact) mass is 999 g/mol. The second-order valence-corrected chi connectivity index (χ2v) is 14.1. The minimum atomic E-state index is -0.874. The smallest absolute Gasteiger partial charge is 0.269 e. The third-order valence-corrected chi connectivity index (χ3v) is 9.07. The van der Waals surface area contributed by atoms with Gasteiger partial charge in [-0.2, -0.15) is 0 Å². The van der Waals surface area contributed by atoms with Crippen LogP contribution in [0.5, 0.6) is 0 Å². The van der Waals surface area contributed by atoms with Crippen LogP contribution in [0.3, 0.4) is 0 Å². The zero-order chi connectivity index (χ0) is 50.3. The van der Waals surface area contributed by atoms with E-state index in [9.17, 15) is 30.3 Å². The molecule has 0 fully saturated rings. The van der Waals surface area contributed by atoms with Gasteiger partial charge >= 0.3 is 0 Å². The van der Waals surface area contributed by atoms with Gasteiger partial charge < -0.3 is 76.5 Å². The predicted molar refractivity (Wildman–Crippen MR) is 244 cm³/mol. The maximum Gasteiger partial charge on any atom is 0.269 e. The van der Waals surface area contributed by atoms with E-state index in [-0.39, 0.29) is 149 Å². The van der Waals surface area contributed by atoms with Crippen LogP contribution < -0.4 is 0 Å². The van der Waals surface area contributed by atoms with Gasteiger partial charge in [-0.3, -0.25) is 30.3 Å². The number of rotatable bonds is 46. The van der Waals surface area contributed by atoms with Gasteiger partial charge in [0, 0.05) is 53.1 Å². The van der Waals surface area contributed by atoms with Gasteiger partial charge in [-0.15, -0.1) is 0 Å². The van der Waals surface area contributed by atoms with E-state index in [4.69, 9.17) is 76.5 Å². The third kappa shape index (κ3) is 27.0. The van der Waals surface area contributed by atoms with Crippen molar-refractivity contribution in [1.82, 2.24) is 0 Å². The number of nitrogens with zero attached hydrogens (tertiary/aromatic N) is 3. The molecule has 25 nitrogen and oxygen atoms in total. The van der Waals surface area contributed by atoms with Gasteiger partial charge in [-0.25, -0.2) is 0 Å². The fourth-order valence-electron chi connectivity index (χ4n) is 5.68. The van der Waals surface area contributed by atoms with Crippen molar-refractivity contribution < 1.29 is 91.3 Å². The van der Waals surface area contributed by atoms with Crippen molar-refractivity contribution in [2.45, 2.75) is 18.9 Å². The quantitative estimate of drug-likeness (QED) is 0.0349. The Kier molecular flexibility index (Phi) is 33.1. The highest BCUT2D eigenvalue weighted by molar-refractivity contribution is 5.35. The van der Waals surface area contributed by atoms with Crippen LogP contribution in [0.4, 0.5) is 17.1 Å². The van der Waals surface area contributed by atoms with Gasteiger partial charge in [0.15, 0.2) is 18.9 Å². The van der Waals surface area contributed by atoms with Gasteiger partial charge in [0.25, 0.3) is 17.1 Å². The number of non-ortho nitro benzene ring substituents is 3. The summed E-state index contributed by atoms with van der Waals surface area (Å²) in [6.07, 6.45) is -2.53. The largest absolute Gasteiger partial charge is 0.394 e. The van der Waals surface area contributed by atoms with E-state index in [2.05, 4.69) is 0 Å². The van der Waals surface area contributed by atoms with Crippen LogP contribution >= 0.6 is 0 Å². The standard InChI is InChI=1S/C45H65N3O22/c49-13-15-57-17-19-59-25-31-65-43(37-1-7-40(8-2-37)46(51)52)67-33-27-61-21-23-63-29-35-69-45(39-5-11-42(12-6-39)48(55)56)70-36-30-64-24-22-62-28-34-68-44(38-3-9-41(10-4-38)47(53)54)66-32-26-60-20-18-58-16-14-50/h1-12,43-45,49-50H,13-36H2. The number of aliphatic hydroxyl groups is 2. The van der Waals surface area contributed by atoms with Crippen molar-refractivity contribution >= 4 is 17.1 Å². The van der Waals surface area contributed by atoms with Crippen LogP contribution in [0, 0.1) is 30.3 Å². The average Bonchev–Trinajstić information content (AvgIpc) is 3.37. The Balaban J connectivity index is 1.32. The summed E-state index contributed by atoms with van der Waals surface area (Å²) in [5, 5.41) is 51.0. The van der Waals surface area contributed by atoms with Crippen LogP contribution in [0.15, 0.2) is 72.8 Å². The molecule has 2 atom stereocenters. The molecule has 392 valence electrons. The Morgan fingerprint density at radius 3 is 0.643 bits per heavy atom. The Bertz CT molecular complexity index is 1700. The van der Waals surface area contributed by atoms with E-state index >= 15 is 0 Å². The molecule has 70 heavy (non-hydrogen) atoms. The molecule has 0 saturated carbocycles. The summed E-state index contributed by atoms with van der Waals surface area (Å²) in [6.45, 7) is 4.73. The van der Waals surface area contributed by atoms with Crippen molar-refractivity contribution in [2.24, 2.45) is 0 Å². The number of aliphatic hydroxyl groups excluding tert-OH is 2. The zero-order valence-corrected chi connectivity index (χ0v) is 39.0. The van der Waals surface area contributed by atoms with E-state index < -0.39 is 33.6 Å². The molecule has 0 amide bonds. The number of hydrogen-bond acceptors (Lipinski definition) is 22.